The summed E-state index contributed by atoms with van der Waals surface area (Å²) < 4.78 is 0. The van der Waals surface area contributed by atoms with Crippen LogP contribution in [0, 0.1) is 12.3 Å². The van der Waals surface area contributed by atoms with E-state index in [0.29, 0.717) is 12.8 Å². The number of carbonyl (C=O) groups is 2. The van der Waals surface area contributed by atoms with Crippen LogP contribution in [0.5, 0.6) is 0 Å². The van der Waals surface area contributed by atoms with Crippen LogP contribution in [0.3, 0.4) is 0 Å². The summed E-state index contributed by atoms with van der Waals surface area (Å²) in [4.78, 5) is 20.4. The van der Waals surface area contributed by atoms with Gasteiger partial charge in [0.05, 0.1) is 12.3 Å². The van der Waals surface area contributed by atoms with Crippen LogP contribution >= 0.6 is 0 Å². The van der Waals surface area contributed by atoms with Gasteiger partial charge in [0.15, 0.2) is 0 Å². The lowest BCUT2D eigenvalue weighted by Crippen LogP contribution is -2.18. The van der Waals surface area contributed by atoms with Crippen molar-refractivity contribution in [3.05, 3.63) is 6.42 Å². The van der Waals surface area contributed by atoms with E-state index in [0.717, 1.165) is 6.42 Å². The lowest BCUT2D eigenvalue weighted by atomic mass is 10.0. The van der Waals surface area contributed by atoms with E-state index < -0.39 is 17.9 Å². The number of carboxylic acids is 2. The van der Waals surface area contributed by atoms with E-state index in [1.54, 1.807) is 0 Å². The topological polar surface area (TPSA) is 74.6 Å². The maximum atomic E-state index is 10.3. The second kappa shape index (κ2) is 4.71. The van der Waals surface area contributed by atoms with Crippen LogP contribution in [0.25, 0.3) is 0 Å². The van der Waals surface area contributed by atoms with Crippen LogP contribution in [0.4, 0.5) is 0 Å². The van der Waals surface area contributed by atoms with Crippen molar-refractivity contribution in [3.8, 4) is 0 Å². The Kier molecular flexibility index (Phi) is 4.26. The van der Waals surface area contributed by atoms with Crippen molar-refractivity contribution < 1.29 is 19.8 Å². The van der Waals surface area contributed by atoms with Crippen LogP contribution in [-0.4, -0.2) is 22.2 Å². The highest BCUT2D eigenvalue weighted by molar-refractivity contribution is 5.85. The molecule has 0 fully saturated rings. The zero-order chi connectivity index (χ0) is 8.85. The molecule has 0 amide bonds. The number of carboxylic acid groups (broad SMARTS) is 2. The first-order valence-corrected chi connectivity index (χ1v) is 3.38. The van der Waals surface area contributed by atoms with E-state index >= 15 is 0 Å². The largest absolute Gasteiger partial charge is 0.481 e. The second-order valence-electron chi connectivity index (χ2n) is 2.24. The summed E-state index contributed by atoms with van der Waals surface area (Å²) in [6.45, 7) is 1.81. The van der Waals surface area contributed by atoms with E-state index in [2.05, 4.69) is 0 Å². The fourth-order valence-corrected chi connectivity index (χ4v) is 0.761. The van der Waals surface area contributed by atoms with Gasteiger partial charge in [0.1, 0.15) is 0 Å². The van der Waals surface area contributed by atoms with Gasteiger partial charge in [-0.2, -0.15) is 0 Å². The molecule has 1 unspecified atom stereocenters. The van der Waals surface area contributed by atoms with Gasteiger partial charge in [0.25, 0.3) is 0 Å². The van der Waals surface area contributed by atoms with Gasteiger partial charge < -0.3 is 10.2 Å². The fourth-order valence-electron chi connectivity index (χ4n) is 0.761. The summed E-state index contributed by atoms with van der Waals surface area (Å²) in [5, 5.41) is 16.7. The lowest BCUT2D eigenvalue weighted by Gasteiger charge is -2.05. The summed E-state index contributed by atoms with van der Waals surface area (Å²) in [5.74, 6) is -3.10. The molecule has 0 aliphatic heterocycles. The molecular formula is C7H11O4. The van der Waals surface area contributed by atoms with Gasteiger partial charge in [-0.3, -0.25) is 9.59 Å². The summed E-state index contributed by atoms with van der Waals surface area (Å²) in [6, 6.07) is 0. The third-order valence-corrected chi connectivity index (χ3v) is 1.26. The molecule has 4 nitrogen and oxygen atoms in total. The van der Waals surface area contributed by atoms with E-state index in [4.69, 9.17) is 10.2 Å². The van der Waals surface area contributed by atoms with Crippen LogP contribution in [0.2, 0.25) is 0 Å². The molecule has 63 valence electrons. The Morgan fingerprint density at radius 2 is 2.00 bits per heavy atom. The molecule has 1 radical (unpaired) electrons. The molecule has 0 heterocycles. The number of rotatable bonds is 5. The normalized spacial score (nSPS) is 12.5. The smallest absolute Gasteiger partial charge is 0.308 e. The maximum Gasteiger partial charge on any atom is 0.308 e. The molecule has 11 heavy (non-hydrogen) atoms. The van der Waals surface area contributed by atoms with Crippen molar-refractivity contribution in [2.24, 2.45) is 5.92 Å². The molecule has 4 heteroatoms. The van der Waals surface area contributed by atoms with Gasteiger partial charge in [-0.15, -0.1) is 0 Å². The van der Waals surface area contributed by atoms with Crippen molar-refractivity contribution in [2.75, 3.05) is 0 Å². The second-order valence-corrected chi connectivity index (χ2v) is 2.24. The van der Waals surface area contributed by atoms with E-state index in [9.17, 15) is 9.59 Å². The molecular weight excluding hydrogens is 148 g/mol. The zero-order valence-corrected chi connectivity index (χ0v) is 6.28. The summed E-state index contributed by atoms with van der Waals surface area (Å²) >= 11 is 0. The molecule has 0 aromatic rings. The number of hydrogen-bond acceptors (Lipinski definition) is 2. The minimum absolute atomic E-state index is 0.377. The van der Waals surface area contributed by atoms with Gasteiger partial charge in [-0.05, 0) is 6.42 Å². The minimum Gasteiger partial charge on any atom is -0.481 e. The molecule has 0 aromatic heterocycles. The lowest BCUT2D eigenvalue weighted by molar-refractivity contribution is -0.144. The number of aliphatic carboxylic acids is 2. The summed E-state index contributed by atoms with van der Waals surface area (Å²) in [5.41, 5.74) is 0. The van der Waals surface area contributed by atoms with E-state index in [1.807, 2.05) is 6.92 Å². The molecule has 0 rings (SSSR count). The molecule has 0 aliphatic rings. The maximum absolute atomic E-state index is 10.3. The van der Waals surface area contributed by atoms with Crippen molar-refractivity contribution in [1.29, 1.82) is 0 Å². The van der Waals surface area contributed by atoms with Crippen LogP contribution in [0.15, 0.2) is 0 Å². The molecule has 0 aromatic carbocycles. The molecule has 0 spiro atoms. The van der Waals surface area contributed by atoms with Crippen LogP contribution < -0.4 is 0 Å². The monoisotopic (exact) mass is 159 g/mol. The van der Waals surface area contributed by atoms with Crippen molar-refractivity contribution in [3.63, 3.8) is 0 Å². The third-order valence-electron chi connectivity index (χ3n) is 1.26. The van der Waals surface area contributed by atoms with Crippen LogP contribution in [0.1, 0.15) is 19.8 Å². The first-order chi connectivity index (χ1) is 5.07. The molecule has 0 aliphatic carbocycles. The van der Waals surface area contributed by atoms with Gasteiger partial charge in [0, 0.05) is 0 Å². The standard InChI is InChI=1S/C7H11O4/c1-2-3-5(7(10)11)4-6(8)9/h4-5H,2-3H2,1H3,(H,8,9)(H,10,11). The third kappa shape index (κ3) is 4.36. The van der Waals surface area contributed by atoms with Crippen molar-refractivity contribution in [1.82, 2.24) is 0 Å². The Labute approximate surface area is 64.8 Å². The molecule has 0 bridgehead atoms. The van der Waals surface area contributed by atoms with Crippen LogP contribution in [-0.2, 0) is 9.59 Å². The average molecular weight is 159 g/mol. The highest BCUT2D eigenvalue weighted by atomic mass is 16.4. The summed E-state index contributed by atoms with van der Waals surface area (Å²) in [6.07, 6.45) is 1.86. The Morgan fingerprint density at radius 3 is 2.27 bits per heavy atom. The van der Waals surface area contributed by atoms with Crippen molar-refractivity contribution in [2.45, 2.75) is 19.8 Å². The highest BCUT2D eigenvalue weighted by Gasteiger charge is 2.19. The molecule has 0 saturated heterocycles. The van der Waals surface area contributed by atoms with E-state index in [1.165, 1.54) is 0 Å². The Hall–Kier alpha value is -1.06. The first kappa shape index (κ1) is 9.94. The summed E-state index contributed by atoms with van der Waals surface area (Å²) in [7, 11) is 0. The average Bonchev–Trinajstić information content (AvgIpc) is 1.86. The Morgan fingerprint density at radius 1 is 1.45 bits per heavy atom. The van der Waals surface area contributed by atoms with Gasteiger partial charge in [0.2, 0.25) is 0 Å². The van der Waals surface area contributed by atoms with E-state index in [-0.39, 0.29) is 0 Å². The van der Waals surface area contributed by atoms with Crippen molar-refractivity contribution >= 4 is 11.9 Å². The first-order valence-electron chi connectivity index (χ1n) is 3.38. The predicted octanol–water partition coefficient (Wildman–Crippen LogP) is 0.776. The minimum atomic E-state index is -1.18. The predicted molar refractivity (Wildman–Crippen MR) is 38.0 cm³/mol. The highest BCUT2D eigenvalue weighted by Crippen LogP contribution is 2.09. The Bertz CT molecular complexity index is 153. The number of hydrogen-bond donors (Lipinski definition) is 2. The van der Waals surface area contributed by atoms with Gasteiger partial charge >= 0.3 is 11.9 Å². The zero-order valence-electron chi connectivity index (χ0n) is 6.28. The van der Waals surface area contributed by atoms with Gasteiger partial charge in [-0.1, -0.05) is 13.3 Å². The molecule has 0 saturated carbocycles. The molecule has 1 atom stereocenters. The SMILES string of the molecule is CCCC([CH]C(=O)O)C(=O)O. The quantitative estimate of drug-likeness (QED) is 0.621. The fraction of sp³-hybridized carbons (Fsp3) is 0.571. The molecule has 2 N–H and O–H groups in total. The van der Waals surface area contributed by atoms with Gasteiger partial charge in [-0.25, -0.2) is 0 Å². The Balaban J connectivity index is 3.89.